The van der Waals surface area contributed by atoms with Crippen molar-refractivity contribution >= 4 is 6.29 Å². The first-order valence-electron chi connectivity index (χ1n) is 6.67. The fourth-order valence-electron chi connectivity index (χ4n) is 1.42. The second-order valence-electron chi connectivity index (χ2n) is 4.30. The van der Waals surface area contributed by atoms with E-state index in [0.29, 0.717) is 6.42 Å². The van der Waals surface area contributed by atoms with E-state index in [1.54, 1.807) is 0 Å². The van der Waals surface area contributed by atoms with Crippen LogP contribution in [0.5, 0.6) is 0 Å². The standard InChI is InChI=1S/C14H26N2O.C2H2/c1-4-5-6-7-8-11-16(3)12-10-15-14(2)9-13-17;1-2/h4-7,13-15H,8-12H2,1-3H3;1-2H/b5-4-,7-6-;/t14-;/m0./s1. The molecule has 0 aromatic heterocycles. The Kier molecular flexibility index (Phi) is 17.5. The second kappa shape index (κ2) is 16.6. The minimum Gasteiger partial charge on any atom is -0.313 e. The van der Waals surface area contributed by atoms with Crippen molar-refractivity contribution in [2.24, 2.45) is 0 Å². The smallest absolute Gasteiger partial charge is 0.121 e. The molecule has 0 aliphatic rings. The van der Waals surface area contributed by atoms with E-state index in [4.69, 9.17) is 0 Å². The third kappa shape index (κ3) is 16.6. The Morgan fingerprint density at radius 3 is 2.53 bits per heavy atom. The van der Waals surface area contributed by atoms with Gasteiger partial charge in [0.2, 0.25) is 0 Å². The second-order valence-corrected chi connectivity index (χ2v) is 4.30. The van der Waals surface area contributed by atoms with Crippen molar-refractivity contribution in [1.82, 2.24) is 10.2 Å². The van der Waals surface area contributed by atoms with Gasteiger partial charge in [-0.05, 0) is 27.3 Å². The Labute approximate surface area is 118 Å². The van der Waals surface area contributed by atoms with Crippen molar-refractivity contribution < 1.29 is 4.79 Å². The highest BCUT2D eigenvalue weighted by Gasteiger charge is 2.00. The fraction of sp³-hybridized carbons (Fsp3) is 0.562. The fourth-order valence-corrected chi connectivity index (χ4v) is 1.42. The van der Waals surface area contributed by atoms with Gasteiger partial charge >= 0.3 is 0 Å². The zero-order chi connectivity index (χ0) is 14.9. The number of hydrogen-bond acceptors (Lipinski definition) is 3. The van der Waals surface area contributed by atoms with Crippen molar-refractivity contribution in [1.29, 1.82) is 0 Å². The summed E-state index contributed by atoms with van der Waals surface area (Å²) in [6.07, 6.45) is 19.0. The first-order chi connectivity index (χ1) is 9.20. The minimum absolute atomic E-state index is 0.287. The lowest BCUT2D eigenvalue weighted by atomic mass is 10.2. The van der Waals surface area contributed by atoms with E-state index in [0.717, 1.165) is 32.3 Å². The molecule has 0 fully saturated rings. The minimum atomic E-state index is 0.287. The Bertz CT molecular complexity index is 269. The van der Waals surface area contributed by atoms with Crippen LogP contribution < -0.4 is 5.32 Å². The van der Waals surface area contributed by atoms with Crippen LogP contribution in [0.15, 0.2) is 24.3 Å². The Morgan fingerprint density at radius 2 is 1.95 bits per heavy atom. The van der Waals surface area contributed by atoms with Crippen LogP contribution in [-0.2, 0) is 4.79 Å². The van der Waals surface area contributed by atoms with Crippen LogP contribution in [0.2, 0.25) is 0 Å². The van der Waals surface area contributed by atoms with Crippen molar-refractivity contribution in [2.45, 2.75) is 32.7 Å². The van der Waals surface area contributed by atoms with Crippen LogP contribution >= 0.6 is 0 Å². The van der Waals surface area contributed by atoms with Gasteiger partial charge in [-0.2, -0.15) is 0 Å². The maximum Gasteiger partial charge on any atom is 0.121 e. The Balaban J connectivity index is 0. The maximum atomic E-state index is 10.3. The molecule has 108 valence electrons. The van der Waals surface area contributed by atoms with Crippen LogP contribution in [0.3, 0.4) is 0 Å². The number of hydrogen-bond donors (Lipinski definition) is 1. The number of likely N-dealkylation sites (N-methyl/N-ethyl adjacent to an activating group) is 1. The molecule has 3 nitrogen and oxygen atoms in total. The van der Waals surface area contributed by atoms with Crippen molar-refractivity contribution in [3.8, 4) is 12.8 Å². The molecule has 0 aromatic rings. The van der Waals surface area contributed by atoms with Crippen LogP contribution in [-0.4, -0.2) is 43.9 Å². The van der Waals surface area contributed by atoms with Crippen molar-refractivity contribution in [3.05, 3.63) is 24.3 Å². The summed E-state index contributed by atoms with van der Waals surface area (Å²) in [7, 11) is 2.12. The topological polar surface area (TPSA) is 32.3 Å². The summed E-state index contributed by atoms with van der Waals surface area (Å²) in [5, 5.41) is 3.32. The predicted octanol–water partition coefficient (Wildman–Crippen LogP) is 2.26. The summed E-state index contributed by atoms with van der Waals surface area (Å²) >= 11 is 0. The molecule has 0 bridgehead atoms. The Morgan fingerprint density at radius 1 is 1.26 bits per heavy atom. The number of carbonyl (C=O) groups is 1. The van der Waals surface area contributed by atoms with E-state index in [-0.39, 0.29) is 6.04 Å². The molecule has 0 saturated heterocycles. The zero-order valence-corrected chi connectivity index (χ0v) is 12.5. The molecular weight excluding hydrogens is 236 g/mol. The molecule has 0 aliphatic heterocycles. The van der Waals surface area contributed by atoms with Gasteiger partial charge in [-0.1, -0.05) is 24.3 Å². The summed E-state index contributed by atoms with van der Waals surface area (Å²) in [6.45, 7) is 7.07. The first-order valence-corrected chi connectivity index (χ1v) is 6.67. The normalized spacial score (nSPS) is 12.5. The number of rotatable bonds is 10. The third-order valence-corrected chi connectivity index (χ3v) is 2.55. The van der Waals surface area contributed by atoms with Crippen LogP contribution in [0.4, 0.5) is 0 Å². The lowest BCUT2D eigenvalue weighted by molar-refractivity contribution is -0.108. The molecule has 0 heterocycles. The lowest BCUT2D eigenvalue weighted by Crippen LogP contribution is -2.34. The number of aldehydes is 1. The summed E-state index contributed by atoms with van der Waals surface area (Å²) in [6, 6.07) is 0.287. The highest BCUT2D eigenvalue weighted by Crippen LogP contribution is 1.91. The van der Waals surface area contributed by atoms with E-state index in [2.05, 4.69) is 42.3 Å². The van der Waals surface area contributed by atoms with E-state index >= 15 is 0 Å². The van der Waals surface area contributed by atoms with Gasteiger partial charge in [0.15, 0.2) is 0 Å². The van der Waals surface area contributed by atoms with Gasteiger partial charge in [-0.25, -0.2) is 0 Å². The molecule has 0 aliphatic carbocycles. The zero-order valence-electron chi connectivity index (χ0n) is 12.5. The molecule has 0 rings (SSSR count). The molecule has 1 atom stereocenters. The highest BCUT2D eigenvalue weighted by molar-refractivity contribution is 5.50. The van der Waals surface area contributed by atoms with E-state index in [1.165, 1.54) is 0 Å². The van der Waals surface area contributed by atoms with E-state index < -0.39 is 0 Å². The third-order valence-electron chi connectivity index (χ3n) is 2.55. The highest BCUT2D eigenvalue weighted by atomic mass is 16.1. The van der Waals surface area contributed by atoms with Gasteiger partial charge in [0, 0.05) is 32.1 Å². The summed E-state index contributed by atoms with van der Waals surface area (Å²) < 4.78 is 0. The van der Waals surface area contributed by atoms with Crippen molar-refractivity contribution in [2.75, 3.05) is 26.7 Å². The molecule has 0 amide bonds. The molecule has 0 aromatic carbocycles. The number of terminal acetylenes is 1. The molecule has 1 N–H and O–H groups in total. The molecular formula is C16H28N2O. The van der Waals surface area contributed by atoms with Gasteiger partial charge in [-0.3, -0.25) is 0 Å². The number of nitrogens with one attached hydrogen (secondary N) is 1. The number of carbonyl (C=O) groups excluding carboxylic acids is 1. The number of nitrogens with zero attached hydrogens (tertiary/aromatic N) is 1. The Hall–Kier alpha value is -1.37. The maximum absolute atomic E-state index is 10.3. The molecule has 0 saturated carbocycles. The average Bonchev–Trinajstić information content (AvgIpc) is 2.41. The lowest BCUT2D eigenvalue weighted by Gasteiger charge is -2.17. The summed E-state index contributed by atoms with van der Waals surface area (Å²) in [5.74, 6) is 0. The average molecular weight is 264 g/mol. The van der Waals surface area contributed by atoms with E-state index in [9.17, 15) is 4.79 Å². The largest absolute Gasteiger partial charge is 0.313 e. The van der Waals surface area contributed by atoms with Gasteiger partial charge in [0.05, 0.1) is 0 Å². The summed E-state index contributed by atoms with van der Waals surface area (Å²) in [5.41, 5.74) is 0. The number of allylic oxidation sites excluding steroid dienone is 3. The summed E-state index contributed by atoms with van der Waals surface area (Å²) in [4.78, 5) is 12.6. The molecule has 3 heteroatoms. The molecule has 0 radical (unpaired) electrons. The van der Waals surface area contributed by atoms with Crippen LogP contribution in [0, 0.1) is 12.8 Å². The molecule has 0 unspecified atom stereocenters. The van der Waals surface area contributed by atoms with E-state index in [1.807, 2.05) is 26.0 Å². The quantitative estimate of drug-likeness (QED) is 0.373. The van der Waals surface area contributed by atoms with Gasteiger partial charge in [0.25, 0.3) is 0 Å². The van der Waals surface area contributed by atoms with Gasteiger partial charge in [-0.15, -0.1) is 12.8 Å². The van der Waals surface area contributed by atoms with Gasteiger partial charge in [0.1, 0.15) is 6.29 Å². The van der Waals surface area contributed by atoms with Crippen LogP contribution in [0.25, 0.3) is 0 Å². The predicted molar refractivity (Wildman–Crippen MR) is 84.1 cm³/mol. The van der Waals surface area contributed by atoms with Crippen LogP contribution in [0.1, 0.15) is 26.7 Å². The SMILES string of the molecule is C#C.C/C=C\C=C/CCN(C)CCN[C@@H](C)CC=O. The monoisotopic (exact) mass is 264 g/mol. The first kappa shape index (κ1) is 20.0. The van der Waals surface area contributed by atoms with Crippen molar-refractivity contribution in [3.63, 3.8) is 0 Å². The molecule has 0 spiro atoms. The molecule has 19 heavy (non-hydrogen) atoms. The van der Waals surface area contributed by atoms with Gasteiger partial charge < -0.3 is 15.0 Å².